The van der Waals surface area contributed by atoms with Gasteiger partial charge in [-0.3, -0.25) is 0 Å². The summed E-state index contributed by atoms with van der Waals surface area (Å²) >= 11 is 5.95. The van der Waals surface area contributed by atoms with Crippen molar-refractivity contribution >= 4 is 22.8 Å². The van der Waals surface area contributed by atoms with Crippen molar-refractivity contribution in [2.75, 3.05) is 27.2 Å². The number of imidazole rings is 1. The number of likely N-dealkylation sites (tertiary alicyclic amines) is 1. The molecule has 3 heterocycles. The molecule has 1 aliphatic rings. The van der Waals surface area contributed by atoms with Gasteiger partial charge in [0.05, 0.1) is 19.0 Å². The molecule has 27 heavy (non-hydrogen) atoms. The Bertz CT molecular complexity index is 1010. The number of aromatic nitrogens is 4. The van der Waals surface area contributed by atoms with E-state index < -0.39 is 5.82 Å². The molecule has 0 saturated carbocycles. The summed E-state index contributed by atoms with van der Waals surface area (Å²) < 4.78 is 22.0. The number of nitrogens with zero attached hydrogens (tertiary/aromatic N) is 5. The number of ether oxygens (including phenoxy) is 1. The van der Waals surface area contributed by atoms with Crippen molar-refractivity contribution in [1.29, 1.82) is 0 Å². The molecule has 4 rings (SSSR count). The molecular weight excluding hydrogens is 369 g/mol. The first-order chi connectivity index (χ1) is 13.0. The summed E-state index contributed by atoms with van der Waals surface area (Å²) in [4.78, 5) is 6.87. The molecule has 0 bridgehead atoms. The first-order valence-corrected chi connectivity index (χ1v) is 9.29. The van der Waals surface area contributed by atoms with Crippen LogP contribution >= 0.6 is 11.6 Å². The highest BCUT2D eigenvalue weighted by molar-refractivity contribution is 6.30. The lowest BCUT2D eigenvalue weighted by Crippen LogP contribution is -2.33. The Labute approximate surface area is 161 Å². The van der Waals surface area contributed by atoms with Gasteiger partial charge in [0, 0.05) is 23.2 Å². The highest BCUT2D eigenvalue weighted by atomic mass is 35.5. The number of hydrogen-bond donors (Lipinski definition) is 0. The van der Waals surface area contributed by atoms with Crippen LogP contribution in [-0.2, 0) is 0 Å². The molecular formula is C19H21ClFN5O. The number of methoxy groups -OCH3 is 1. The van der Waals surface area contributed by atoms with Crippen molar-refractivity contribution in [3.05, 3.63) is 34.9 Å². The number of rotatable bonds is 3. The highest BCUT2D eigenvalue weighted by Crippen LogP contribution is 2.37. The summed E-state index contributed by atoms with van der Waals surface area (Å²) in [5.74, 6) is -0.172. The van der Waals surface area contributed by atoms with Crippen LogP contribution in [0, 0.1) is 12.7 Å². The van der Waals surface area contributed by atoms with E-state index >= 15 is 0 Å². The van der Waals surface area contributed by atoms with E-state index in [1.54, 1.807) is 6.07 Å². The molecule has 1 saturated heterocycles. The van der Waals surface area contributed by atoms with Crippen LogP contribution in [0.1, 0.15) is 24.4 Å². The van der Waals surface area contributed by atoms with Gasteiger partial charge < -0.3 is 14.2 Å². The summed E-state index contributed by atoms with van der Waals surface area (Å²) in [7, 11) is 3.60. The van der Waals surface area contributed by atoms with E-state index in [9.17, 15) is 4.39 Å². The molecule has 0 spiro atoms. The van der Waals surface area contributed by atoms with Crippen LogP contribution in [0.5, 0.6) is 5.75 Å². The van der Waals surface area contributed by atoms with E-state index in [1.807, 2.05) is 13.3 Å². The molecule has 8 heteroatoms. The maximum atomic E-state index is 14.6. The smallest absolute Gasteiger partial charge is 0.183 e. The van der Waals surface area contributed by atoms with Gasteiger partial charge in [0.15, 0.2) is 5.65 Å². The molecule has 0 aliphatic carbocycles. The van der Waals surface area contributed by atoms with Gasteiger partial charge in [0.1, 0.15) is 22.8 Å². The molecule has 1 aromatic carbocycles. The van der Waals surface area contributed by atoms with E-state index in [0.717, 1.165) is 42.7 Å². The fourth-order valence-corrected chi connectivity index (χ4v) is 4.01. The molecule has 1 fully saturated rings. The second kappa shape index (κ2) is 7.05. The molecule has 6 nitrogen and oxygen atoms in total. The summed E-state index contributed by atoms with van der Waals surface area (Å²) in [5, 5.41) is 9.00. The molecule has 3 aromatic rings. The fraction of sp³-hybridized carbons (Fsp3) is 0.421. The van der Waals surface area contributed by atoms with Gasteiger partial charge in [-0.15, -0.1) is 10.2 Å². The third-order valence-electron chi connectivity index (χ3n) is 5.19. The molecule has 1 aliphatic heterocycles. The minimum atomic E-state index is -0.496. The number of likely N-dealkylation sites (N-methyl/N-ethyl adjacent to an activating group) is 1. The molecule has 142 valence electrons. The minimum Gasteiger partial charge on any atom is -0.496 e. The lowest BCUT2D eigenvalue weighted by Gasteiger charge is -2.30. The molecule has 0 amide bonds. The highest BCUT2D eigenvalue weighted by Gasteiger charge is 2.24. The normalized spacial score (nSPS) is 18.2. The van der Waals surface area contributed by atoms with E-state index in [0.29, 0.717) is 17.5 Å². The zero-order valence-corrected chi connectivity index (χ0v) is 16.3. The van der Waals surface area contributed by atoms with Crippen LogP contribution in [0.25, 0.3) is 22.4 Å². The molecule has 0 N–H and O–H groups in total. The number of fused-ring (bicyclic) bond motifs is 1. The molecule has 0 unspecified atom stereocenters. The van der Waals surface area contributed by atoms with E-state index in [2.05, 4.69) is 31.7 Å². The molecule has 2 aromatic heterocycles. The Balaban J connectivity index is 1.83. The van der Waals surface area contributed by atoms with Gasteiger partial charge in [0.2, 0.25) is 0 Å². The third-order valence-corrected chi connectivity index (χ3v) is 5.41. The average Bonchev–Trinajstić information content (AvgIpc) is 3.07. The van der Waals surface area contributed by atoms with Crippen molar-refractivity contribution in [3.8, 4) is 17.0 Å². The summed E-state index contributed by atoms with van der Waals surface area (Å²) in [6.07, 6.45) is 4.03. The zero-order valence-electron chi connectivity index (χ0n) is 15.5. The van der Waals surface area contributed by atoms with Crippen LogP contribution < -0.4 is 4.74 Å². The molecule has 1 atom stereocenters. The van der Waals surface area contributed by atoms with Crippen LogP contribution in [0.4, 0.5) is 4.39 Å². The number of piperidine rings is 1. The lowest BCUT2D eigenvalue weighted by atomic mass is 10.0. The number of hydrogen-bond acceptors (Lipinski definition) is 5. The van der Waals surface area contributed by atoms with Crippen LogP contribution in [0.2, 0.25) is 5.02 Å². The van der Waals surface area contributed by atoms with Gasteiger partial charge in [-0.25, -0.2) is 9.37 Å². The van der Waals surface area contributed by atoms with Gasteiger partial charge in [-0.2, -0.15) is 0 Å². The van der Waals surface area contributed by atoms with Crippen molar-refractivity contribution in [3.63, 3.8) is 0 Å². The van der Waals surface area contributed by atoms with Crippen molar-refractivity contribution in [2.45, 2.75) is 25.8 Å². The standard InChI is InChI=1S/C19H21ClFN5O/c1-11-17(16-14(21)7-12(20)8-15(16)27-3)23-24-19-18(11)22-10-26(19)13-5-4-6-25(2)9-13/h7-8,10,13H,4-6,9H2,1-3H3/t13-/m1/s1. The maximum Gasteiger partial charge on any atom is 0.183 e. The predicted molar refractivity (Wildman–Crippen MR) is 103 cm³/mol. The third kappa shape index (κ3) is 3.15. The monoisotopic (exact) mass is 389 g/mol. The van der Waals surface area contributed by atoms with E-state index in [1.165, 1.54) is 13.2 Å². The number of halogens is 2. The van der Waals surface area contributed by atoms with Crippen molar-refractivity contribution in [2.24, 2.45) is 0 Å². The minimum absolute atomic E-state index is 0.251. The second-order valence-corrected chi connectivity index (χ2v) is 7.46. The summed E-state index contributed by atoms with van der Waals surface area (Å²) in [5.41, 5.74) is 2.89. The van der Waals surface area contributed by atoms with Gasteiger partial charge in [-0.05, 0) is 45.5 Å². The van der Waals surface area contributed by atoms with Crippen LogP contribution in [0.3, 0.4) is 0 Å². The van der Waals surface area contributed by atoms with Crippen molar-refractivity contribution < 1.29 is 9.13 Å². The largest absolute Gasteiger partial charge is 0.496 e. The van der Waals surface area contributed by atoms with Crippen LogP contribution in [-0.4, -0.2) is 51.9 Å². The SMILES string of the molecule is COc1cc(Cl)cc(F)c1-c1nnc2c(ncn2[C@@H]2CCCN(C)C2)c1C. The molecule has 0 radical (unpaired) electrons. The van der Waals surface area contributed by atoms with E-state index in [4.69, 9.17) is 16.3 Å². The van der Waals surface area contributed by atoms with Gasteiger partial charge in [-0.1, -0.05) is 11.6 Å². The predicted octanol–water partition coefficient (Wildman–Crippen LogP) is 3.87. The second-order valence-electron chi connectivity index (χ2n) is 7.02. The van der Waals surface area contributed by atoms with Gasteiger partial charge in [0.25, 0.3) is 0 Å². The van der Waals surface area contributed by atoms with Crippen LogP contribution in [0.15, 0.2) is 18.5 Å². The fourth-order valence-electron chi connectivity index (χ4n) is 3.81. The maximum absolute atomic E-state index is 14.6. The van der Waals surface area contributed by atoms with Crippen molar-refractivity contribution in [1.82, 2.24) is 24.6 Å². The first kappa shape index (κ1) is 18.1. The quantitative estimate of drug-likeness (QED) is 0.680. The average molecular weight is 390 g/mol. The number of aryl methyl sites for hydroxylation is 1. The van der Waals surface area contributed by atoms with Gasteiger partial charge >= 0.3 is 0 Å². The number of benzene rings is 1. The Kier molecular flexibility index (Phi) is 4.74. The lowest BCUT2D eigenvalue weighted by molar-refractivity contribution is 0.214. The zero-order chi connectivity index (χ0) is 19.1. The Morgan fingerprint density at radius 1 is 1.30 bits per heavy atom. The Hall–Kier alpha value is -2.25. The first-order valence-electron chi connectivity index (χ1n) is 8.91. The Morgan fingerprint density at radius 2 is 2.11 bits per heavy atom. The summed E-state index contributed by atoms with van der Waals surface area (Å²) in [6, 6.07) is 3.14. The summed E-state index contributed by atoms with van der Waals surface area (Å²) in [6.45, 7) is 3.94. The van der Waals surface area contributed by atoms with E-state index in [-0.39, 0.29) is 10.6 Å². The Morgan fingerprint density at radius 3 is 2.85 bits per heavy atom. The topological polar surface area (TPSA) is 56.1 Å².